The molecule has 4 rings (SSSR count). The lowest BCUT2D eigenvalue weighted by molar-refractivity contribution is 0.710. The topological polar surface area (TPSA) is 30.7 Å². The van der Waals surface area contributed by atoms with Gasteiger partial charge in [0.05, 0.1) is 0 Å². The van der Waals surface area contributed by atoms with Crippen LogP contribution < -0.4 is 0 Å². The zero-order valence-electron chi connectivity index (χ0n) is 12.8. The molecular formula is C20H17N3. The van der Waals surface area contributed by atoms with Crippen molar-refractivity contribution in [1.29, 1.82) is 0 Å². The summed E-state index contributed by atoms with van der Waals surface area (Å²) in [5, 5.41) is 1.28. The lowest BCUT2D eigenvalue weighted by atomic mass is 10.1. The largest absolute Gasteiger partial charge is 0.346 e. The van der Waals surface area contributed by atoms with Crippen LogP contribution in [0.5, 0.6) is 0 Å². The molecule has 0 atom stereocenters. The van der Waals surface area contributed by atoms with E-state index >= 15 is 0 Å². The SMILES string of the molecule is c1ccc(CCn2cc(-c3ccncc3)c3ccccc32)nc1. The van der Waals surface area contributed by atoms with Crippen LogP contribution in [-0.4, -0.2) is 14.5 Å². The minimum Gasteiger partial charge on any atom is -0.346 e. The third kappa shape index (κ3) is 2.73. The van der Waals surface area contributed by atoms with Gasteiger partial charge in [-0.05, 0) is 35.9 Å². The third-order valence-electron chi connectivity index (χ3n) is 4.11. The number of hydrogen-bond acceptors (Lipinski definition) is 2. The second-order valence-corrected chi connectivity index (χ2v) is 5.56. The third-order valence-corrected chi connectivity index (χ3v) is 4.11. The molecule has 3 heterocycles. The molecule has 0 aliphatic rings. The zero-order valence-corrected chi connectivity index (χ0v) is 12.8. The fraction of sp³-hybridized carbons (Fsp3) is 0.100. The summed E-state index contributed by atoms with van der Waals surface area (Å²) >= 11 is 0. The molecule has 0 radical (unpaired) electrons. The Bertz CT molecular complexity index is 911. The van der Waals surface area contributed by atoms with Crippen molar-refractivity contribution in [3.63, 3.8) is 0 Å². The summed E-state index contributed by atoms with van der Waals surface area (Å²) in [6.45, 7) is 0.919. The van der Waals surface area contributed by atoms with Crippen LogP contribution in [0.4, 0.5) is 0 Å². The van der Waals surface area contributed by atoms with Crippen molar-refractivity contribution < 1.29 is 0 Å². The van der Waals surface area contributed by atoms with Crippen LogP contribution in [0.1, 0.15) is 5.69 Å². The van der Waals surface area contributed by atoms with Gasteiger partial charge in [-0.2, -0.15) is 0 Å². The van der Waals surface area contributed by atoms with Crippen LogP contribution in [0.15, 0.2) is 79.4 Å². The molecule has 0 fully saturated rings. The molecule has 23 heavy (non-hydrogen) atoms. The van der Waals surface area contributed by atoms with E-state index in [0.29, 0.717) is 0 Å². The van der Waals surface area contributed by atoms with Crippen LogP contribution in [0.2, 0.25) is 0 Å². The van der Waals surface area contributed by atoms with Gasteiger partial charge in [-0.3, -0.25) is 9.97 Å². The van der Waals surface area contributed by atoms with Gasteiger partial charge in [0.1, 0.15) is 0 Å². The molecule has 1 aromatic carbocycles. The first-order valence-corrected chi connectivity index (χ1v) is 7.80. The van der Waals surface area contributed by atoms with Crippen molar-refractivity contribution in [2.75, 3.05) is 0 Å². The monoisotopic (exact) mass is 299 g/mol. The smallest absolute Gasteiger partial charge is 0.0486 e. The van der Waals surface area contributed by atoms with E-state index in [1.165, 1.54) is 22.0 Å². The number of aromatic nitrogens is 3. The highest BCUT2D eigenvalue weighted by Crippen LogP contribution is 2.30. The second kappa shape index (κ2) is 6.05. The molecule has 0 bridgehead atoms. The molecular weight excluding hydrogens is 282 g/mol. The van der Waals surface area contributed by atoms with E-state index in [1.54, 1.807) is 0 Å². The van der Waals surface area contributed by atoms with Gasteiger partial charge in [0.2, 0.25) is 0 Å². The summed E-state index contributed by atoms with van der Waals surface area (Å²) in [5.74, 6) is 0. The Hall–Kier alpha value is -2.94. The van der Waals surface area contributed by atoms with Gasteiger partial charge in [0.15, 0.2) is 0 Å². The van der Waals surface area contributed by atoms with Crippen LogP contribution in [0.25, 0.3) is 22.0 Å². The van der Waals surface area contributed by atoms with E-state index in [9.17, 15) is 0 Å². The number of hydrogen-bond donors (Lipinski definition) is 0. The number of para-hydroxylation sites is 1. The molecule has 3 heteroatoms. The molecule has 0 aliphatic carbocycles. The van der Waals surface area contributed by atoms with Gasteiger partial charge in [-0.1, -0.05) is 24.3 Å². The number of aryl methyl sites for hydroxylation is 2. The molecule has 0 N–H and O–H groups in total. The number of nitrogens with zero attached hydrogens (tertiary/aromatic N) is 3. The van der Waals surface area contributed by atoms with Gasteiger partial charge in [-0.25, -0.2) is 0 Å². The fourth-order valence-electron chi connectivity index (χ4n) is 2.97. The zero-order chi connectivity index (χ0) is 15.5. The quantitative estimate of drug-likeness (QED) is 0.561. The van der Waals surface area contributed by atoms with E-state index in [1.807, 2.05) is 30.7 Å². The molecule has 3 nitrogen and oxygen atoms in total. The maximum absolute atomic E-state index is 4.42. The first-order valence-electron chi connectivity index (χ1n) is 7.80. The van der Waals surface area contributed by atoms with Crippen LogP contribution in [0, 0.1) is 0 Å². The Morgan fingerprint density at radius 2 is 1.65 bits per heavy atom. The average Bonchev–Trinajstić information content (AvgIpc) is 3.01. The first-order chi connectivity index (χ1) is 11.4. The molecule has 0 unspecified atom stereocenters. The Labute approximate surface area is 135 Å². The summed E-state index contributed by atoms with van der Waals surface area (Å²) in [6, 6.07) is 18.7. The summed E-state index contributed by atoms with van der Waals surface area (Å²) in [7, 11) is 0. The minimum atomic E-state index is 0.919. The van der Waals surface area contributed by atoms with E-state index in [0.717, 1.165) is 18.7 Å². The molecule has 0 spiro atoms. The summed E-state index contributed by atoms with van der Waals surface area (Å²) in [4.78, 5) is 8.54. The lowest BCUT2D eigenvalue weighted by Crippen LogP contribution is -2.00. The van der Waals surface area contributed by atoms with Crippen LogP contribution >= 0.6 is 0 Å². The summed E-state index contributed by atoms with van der Waals surface area (Å²) in [5.41, 5.74) is 4.84. The van der Waals surface area contributed by atoms with Crippen LogP contribution in [-0.2, 0) is 13.0 Å². The highest BCUT2D eigenvalue weighted by atomic mass is 15.0. The standard InChI is InChI=1S/C20H17N3/c1-2-7-20-18(6-1)19(16-8-12-21-13-9-16)15-23(20)14-10-17-5-3-4-11-22-17/h1-9,11-13,15H,10,14H2. The Morgan fingerprint density at radius 1 is 0.826 bits per heavy atom. The average molecular weight is 299 g/mol. The van der Waals surface area contributed by atoms with Gasteiger partial charge in [0, 0.05) is 59.9 Å². The predicted octanol–water partition coefficient (Wildman–Crippen LogP) is 4.34. The predicted molar refractivity (Wildman–Crippen MR) is 93.1 cm³/mol. The van der Waals surface area contributed by atoms with E-state index in [4.69, 9.17) is 0 Å². The normalized spacial score (nSPS) is 11.0. The first kappa shape index (κ1) is 13.7. The van der Waals surface area contributed by atoms with Gasteiger partial charge in [-0.15, -0.1) is 0 Å². The number of benzene rings is 1. The van der Waals surface area contributed by atoms with E-state index < -0.39 is 0 Å². The molecule has 0 saturated carbocycles. The highest BCUT2D eigenvalue weighted by molar-refractivity contribution is 5.95. The van der Waals surface area contributed by atoms with Gasteiger partial charge in [0.25, 0.3) is 0 Å². The lowest BCUT2D eigenvalue weighted by Gasteiger charge is -2.04. The van der Waals surface area contributed by atoms with Crippen molar-refractivity contribution in [2.45, 2.75) is 13.0 Å². The van der Waals surface area contributed by atoms with E-state index in [2.05, 4.69) is 63.2 Å². The van der Waals surface area contributed by atoms with Crippen molar-refractivity contribution in [3.8, 4) is 11.1 Å². The molecule has 3 aromatic heterocycles. The Balaban J connectivity index is 1.73. The van der Waals surface area contributed by atoms with Crippen LogP contribution in [0.3, 0.4) is 0 Å². The van der Waals surface area contributed by atoms with Crippen molar-refractivity contribution in [3.05, 3.63) is 85.1 Å². The maximum atomic E-state index is 4.42. The van der Waals surface area contributed by atoms with Crippen molar-refractivity contribution >= 4 is 10.9 Å². The Morgan fingerprint density at radius 3 is 2.48 bits per heavy atom. The Kier molecular flexibility index (Phi) is 3.60. The fourth-order valence-corrected chi connectivity index (χ4v) is 2.97. The summed E-state index contributed by atoms with van der Waals surface area (Å²) < 4.78 is 2.32. The molecule has 4 aromatic rings. The van der Waals surface area contributed by atoms with Gasteiger partial charge >= 0.3 is 0 Å². The minimum absolute atomic E-state index is 0.919. The number of fused-ring (bicyclic) bond motifs is 1. The number of pyridine rings is 2. The highest BCUT2D eigenvalue weighted by Gasteiger charge is 2.09. The maximum Gasteiger partial charge on any atom is 0.0486 e. The molecule has 0 saturated heterocycles. The molecule has 0 aliphatic heterocycles. The van der Waals surface area contributed by atoms with Gasteiger partial charge < -0.3 is 4.57 Å². The van der Waals surface area contributed by atoms with Crippen molar-refractivity contribution in [1.82, 2.24) is 14.5 Å². The summed E-state index contributed by atoms with van der Waals surface area (Å²) in [6.07, 6.45) is 8.70. The van der Waals surface area contributed by atoms with E-state index in [-0.39, 0.29) is 0 Å². The van der Waals surface area contributed by atoms with Crippen molar-refractivity contribution in [2.24, 2.45) is 0 Å². The molecule has 0 amide bonds. The molecule has 112 valence electrons. The number of rotatable bonds is 4. The second-order valence-electron chi connectivity index (χ2n) is 5.56.